The van der Waals surface area contributed by atoms with Gasteiger partial charge in [-0.1, -0.05) is 18.2 Å². The highest BCUT2D eigenvalue weighted by Crippen LogP contribution is 2.28. The molecule has 0 fully saturated rings. The van der Waals surface area contributed by atoms with E-state index < -0.39 is 5.92 Å². The van der Waals surface area contributed by atoms with Crippen LogP contribution in [-0.4, -0.2) is 45.1 Å². The monoisotopic (exact) mass is 419 g/mol. The smallest absolute Gasteiger partial charge is 0.231 e. The maximum atomic E-state index is 13.0. The van der Waals surface area contributed by atoms with Crippen molar-refractivity contribution in [1.29, 1.82) is 0 Å². The van der Waals surface area contributed by atoms with Crippen molar-refractivity contribution in [2.24, 2.45) is 7.05 Å². The van der Waals surface area contributed by atoms with Crippen molar-refractivity contribution in [1.82, 2.24) is 25.0 Å². The zero-order chi connectivity index (χ0) is 21.8. The third-order valence-electron chi connectivity index (χ3n) is 5.38. The van der Waals surface area contributed by atoms with Crippen molar-refractivity contribution in [3.63, 3.8) is 0 Å². The fourth-order valence-corrected chi connectivity index (χ4v) is 3.78. The highest BCUT2D eigenvalue weighted by Gasteiger charge is 2.35. The summed E-state index contributed by atoms with van der Waals surface area (Å²) in [6.45, 7) is 1.08. The van der Waals surface area contributed by atoms with Crippen LogP contribution in [0.25, 0.3) is 0 Å². The van der Waals surface area contributed by atoms with Crippen molar-refractivity contribution in [3.8, 4) is 5.75 Å². The van der Waals surface area contributed by atoms with Gasteiger partial charge < -0.3 is 15.0 Å². The van der Waals surface area contributed by atoms with E-state index in [4.69, 9.17) is 4.74 Å². The SMILES string of the molecule is COc1ccc(CC(=O)N2Cc3cn(C)nc3C(C(=O)NCc3ccccn3)C2)cc1. The fraction of sp³-hybridized carbons (Fsp3) is 0.304. The number of rotatable bonds is 6. The lowest BCUT2D eigenvalue weighted by atomic mass is 9.95. The molecule has 0 bridgehead atoms. The number of hydrogen-bond acceptors (Lipinski definition) is 5. The Morgan fingerprint density at radius 2 is 2.00 bits per heavy atom. The second-order valence-corrected chi connectivity index (χ2v) is 7.60. The molecule has 3 aromatic rings. The lowest BCUT2D eigenvalue weighted by Crippen LogP contribution is -2.44. The van der Waals surface area contributed by atoms with Gasteiger partial charge in [-0.2, -0.15) is 5.10 Å². The largest absolute Gasteiger partial charge is 0.497 e. The third-order valence-corrected chi connectivity index (χ3v) is 5.38. The normalized spacial score (nSPS) is 15.3. The fourth-order valence-electron chi connectivity index (χ4n) is 3.78. The van der Waals surface area contributed by atoms with Crippen LogP contribution in [0.3, 0.4) is 0 Å². The van der Waals surface area contributed by atoms with E-state index in [2.05, 4.69) is 15.4 Å². The highest BCUT2D eigenvalue weighted by atomic mass is 16.5. The zero-order valence-corrected chi connectivity index (χ0v) is 17.6. The molecule has 160 valence electrons. The molecule has 1 aliphatic rings. The number of methoxy groups -OCH3 is 1. The van der Waals surface area contributed by atoms with Crippen molar-refractivity contribution in [3.05, 3.63) is 77.4 Å². The Kier molecular flexibility index (Phi) is 5.97. The van der Waals surface area contributed by atoms with Crippen LogP contribution >= 0.6 is 0 Å². The zero-order valence-electron chi connectivity index (χ0n) is 17.6. The number of carbonyl (C=O) groups excluding carboxylic acids is 2. The molecule has 0 aliphatic carbocycles. The van der Waals surface area contributed by atoms with E-state index in [1.165, 1.54) is 0 Å². The van der Waals surface area contributed by atoms with Crippen LogP contribution in [0.4, 0.5) is 0 Å². The Morgan fingerprint density at radius 3 is 2.71 bits per heavy atom. The van der Waals surface area contributed by atoms with E-state index >= 15 is 0 Å². The Labute approximate surface area is 180 Å². The molecule has 0 saturated carbocycles. The van der Waals surface area contributed by atoms with E-state index in [-0.39, 0.29) is 18.2 Å². The Bertz CT molecular complexity index is 1060. The molecule has 4 rings (SSSR count). The molecule has 8 nitrogen and oxygen atoms in total. The predicted octanol–water partition coefficient (Wildman–Crippen LogP) is 1.81. The standard InChI is InChI=1S/C23H25N5O3/c1-27-13-17-14-28(21(29)11-16-6-8-19(31-2)9-7-16)15-20(22(17)26-27)23(30)25-12-18-5-3-4-10-24-18/h3-10,13,20H,11-12,14-15H2,1-2H3,(H,25,30). The van der Waals surface area contributed by atoms with Crippen LogP contribution in [0.1, 0.15) is 28.4 Å². The second kappa shape index (κ2) is 8.99. The van der Waals surface area contributed by atoms with Gasteiger partial charge in [0.15, 0.2) is 0 Å². The molecule has 2 amide bonds. The van der Waals surface area contributed by atoms with Gasteiger partial charge in [-0.05, 0) is 29.8 Å². The predicted molar refractivity (Wildman–Crippen MR) is 114 cm³/mol. The van der Waals surface area contributed by atoms with E-state index in [0.29, 0.717) is 19.6 Å². The summed E-state index contributed by atoms with van der Waals surface area (Å²) in [5.74, 6) is 0.0436. The summed E-state index contributed by atoms with van der Waals surface area (Å²) in [7, 11) is 3.43. The molecule has 0 radical (unpaired) electrons. The number of ether oxygens (including phenoxy) is 1. The first-order valence-electron chi connectivity index (χ1n) is 10.1. The van der Waals surface area contributed by atoms with Crippen LogP contribution in [0, 0.1) is 0 Å². The Morgan fingerprint density at radius 1 is 1.19 bits per heavy atom. The van der Waals surface area contributed by atoms with Crippen LogP contribution in [0.5, 0.6) is 5.75 Å². The van der Waals surface area contributed by atoms with E-state index in [1.54, 1.807) is 22.9 Å². The van der Waals surface area contributed by atoms with Gasteiger partial charge in [0.1, 0.15) is 5.75 Å². The molecule has 1 unspecified atom stereocenters. The summed E-state index contributed by atoms with van der Waals surface area (Å²) in [6, 6.07) is 13.0. The van der Waals surface area contributed by atoms with Gasteiger partial charge in [0.2, 0.25) is 11.8 Å². The maximum Gasteiger partial charge on any atom is 0.231 e. The molecule has 3 heterocycles. The minimum absolute atomic E-state index is 0.0257. The molecule has 2 aromatic heterocycles. The highest BCUT2D eigenvalue weighted by molar-refractivity contribution is 5.86. The third kappa shape index (κ3) is 4.74. The van der Waals surface area contributed by atoms with Gasteiger partial charge in [0.05, 0.1) is 37.4 Å². The van der Waals surface area contributed by atoms with Gasteiger partial charge in [0.25, 0.3) is 0 Å². The number of benzene rings is 1. The Hall–Kier alpha value is -3.68. The average molecular weight is 419 g/mol. The van der Waals surface area contributed by atoms with Crippen LogP contribution in [-0.2, 0) is 36.1 Å². The van der Waals surface area contributed by atoms with Gasteiger partial charge in [-0.3, -0.25) is 19.3 Å². The number of nitrogens with zero attached hydrogens (tertiary/aromatic N) is 4. The molecule has 1 aliphatic heterocycles. The second-order valence-electron chi connectivity index (χ2n) is 7.60. The number of aromatic nitrogens is 3. The van der Waals surface area contributed by atoms with Crippen molar-refractivity contribution < 1.29 is 14.3 Å². The minimum Gasteiger partial charge on any atom is -0.497 e. The lowest BCUT2D eigenvalue weighted by molar-refractivity contribution is -0.133. The number of amides is 2. The minimum atomic E-state index is -0.520. The van der Waals surface area contributed by atoms with Gasteiger partial charge in [0, 0.05) is 38.1 Å². The van der Waals surface area contributed by atoms with E-state index in [1.807, 2.05) is 55.7 Å². The van der Waals surface area contributed by atoms with E-state index in [0.717, 1.165) is 28.3 Å². The topological polar surface area (TPSA) is 89.4 Å². The average Bonchev–Trinajstić information content (AvgIpc) is 3.18. The Balaban J connectivity index is 1.47. The van der Waals surface area contributed by atoms with Crippen LogP contribution in [0.15, 0.2) is 54.9 Å². The molecule has 1 N–H and O–H groups in total. The summed E-state index contributed by atoms with van der Waals surface area (Å²) in [6.07, 6.45) is 3.83. The van der Waals surface area contributed by atoms with Gasteiger partial charge in [-0.15, -0.1) is 0 Å². The molecule has 1 aromatic carbocycles. The molecular formula is C23H25N5O3. The number of nitrogens with one attached hydrogen (secondary N) is 1. The van der Waals surface area contributed by atoms with Crippen LogP contribution < -0.4 is 10.1 Å². The first-order valence-corrected chi connectivity index (χ1v) is 10.1. The number of hydrogen-bond donors (Lipinski definition) is 1. The van der Waals surface area contributed by atoms with Crippen LogP contribution in [0.2, 0.25) is 0 Å². The molecule has 1 atom stereocenters. The summed E-state index contributed by atoms with van der Waals surface area (Å²) < 4.78 is 6.87. The number of pyridine rings is 1. The molecule has 8 heteroatoms. The maximum absolute atomic E-state index is 13.0. The summed E-state index contributed by atoms with van der Waals surface area (Å²) in [5, 5.41) is 7.43. The summed E-state index contributed by atoms with van der Waals surface area (Å²) >= 11 is 0. The summed E-state index contributed by atoms with van der Waals surface area (Å²) in [4.78, 5) is 32.0. The molecule has 0 saturated heterocycles. The molecular weight excluding hydrogens is 394 g/mol. The van der Waals surface area contributed by atoms with Crippen molar-refractivity contribution >= 4 is 11.8 Å². The van der Waals surface area contributed by atoms with Gasteiger partial charge in [-0.25, -0.2) is 0 Å². The van der Waals surface area contributed by atoms with E-state index in [9.17, 15) is 9.59 Å². The first kappa shape index (κ1) is 20.6. The van der Waals surface area contributed by atoms with Crippen molar-refractivity contribution in [2.45, 2.75) is 25.4 Å². The van der Waals surface area contributed by atoms with Crippen molar-refractivity contribution in [2.75, 3.05) is 13.7 Å². The number of fused-ring (bicyclic) bond motifs is 1. The summed E-state index contributed by atoms with van der Waals surface area (Å²) in [5.41, 5.74) is 3.31. The molecule has 31 heavy (non-hydrogen) atoms. The van der Waals surface area contributed by atoms with Gasteiger partial charge >= 0.3 is 0 Å². The quantitative estimate of drug-likeness (QED) is 0.658. The first-order chi connectivity index (χ1) is 15.0. The lowest BCUT2D eigenvalue weighted by Gasteiger charge is -2.31. The number of carbonyl (C=O) groups is 2. The number of aryl methyl sites for hydroxylation is 1. The molecule has 0 spiro atoms.